The molecule has 130 valence electrons. The largest absolute Gasteiger partial charge is 0.478 e. The van der Waals surface area contributed by atoms with E-state index in [0.717, 1.165) is 16.7 Å². The summed E-state index contributed by atoms with van der Waals surface area (Å²) in [5.41, 5.74) is 6.42. The number of hydrazone groups is 1. The van der Waals surface area contributed by atoms with Crippen molar-refractivity contribution in [3.8, 4) is 11.1 Å². The van der Waals surface area contributed by atoms with Crippen molar-refractivity contribution in [1.82, 2.24) is 5.43 Å². The first-order chi connectivity index (χ1) is 12.5. The Morgan fingerprint density at radius 3 is 2.38 bits per heavy atom. The number of nitrogens with one attached hydrogen (secondary N) is 1. The van der Waals surface area contributed by atoms with Crippen molar-refractivity contribution in [3.05, 3.63) is 81.5 Å². The molecule has 0 saturated carbocycles. The molecular weight excluding hydrogens is 348 g/mol. The van der Waals surface area contributed by atoms with Gasteiger partial charge in [0.25, 0.3) is 5.91 Å². The summed E-state index contributed by atoms with van der Waals surface area (Å²) in [6.45, 7) is 2.02. The maximum atomic E-state index is 12.4. The molecule has 0 fully saturated rings. The molecule has 0 aliphatic heterocycles. The van der Waals surface area contributed by atoms with Gasteiger partial charge in [-0.3, -0.25) is 4.79 Å². The molecule has 0 aliphatic carbocycles. The first-order valence-electron chi connectivity index (χ1n) is 7.86. The minimum absolute atomic E-state index is 0.201. The molecule has 26 heavy (non-hydrogen) atoms. The van der Waals surface area contributed by atoms with Crippen LogP contribution in [0, 0.1) is 6.92 Å². The molecule has 0 aliphatic rings. The summed E-state index contributed by atoms with van der Waals surface area (Å²) in [6, 6.07) is 16.1. The highest BCUT2D eigenvalue weighted by molar-refractivity contribution is 7.12. The summed E-state index contributed by atoms with van der Waals surface area (Å²) in [6.07, 6.45) is 1.47. The fourth-order valence-electron chi connectivity index (χ4n) is 2.37. The molecule has 0 saturated heterocycles. The Balaban J connectivity index is 1.70. The van der Waals surface area contributed by atoms with Crippen molar-refractivity contribution >= 4 is 29.4 Å². The number of carboxylic acid groups (broad SMARTS) is 1. The van der Waals surface area contributed by atoms with Gasteiger partial charge in [0.05, 0.1) is 11.8 Å². The van der Waals surface area contributed by atoms with Gasteiger partial charge in [-0.15, -0.1) is 11.3 Å². The Morgan fingerprint density at radius 2 is 1.73 bits per heavy atom. The summed E-state index contributed by atoms with van der Waals surface area (Å²) in [5, 5.41) is 14.7. The lowest BCUT2D eigenvalue weighted by Gasteiger charge is -2.04. The quantitative estimate of drug-likeness (QED) is 0.526. The fourth-order valence-corrected chi connectivity index (χ4v) is 3.18. The molecule has 0 bridgehead atoms. The van der Waals surface area contributed by atoms with Crippen LogP contribution in [-0.4, -0.2) is 23.2 Å². The van der Waals surface area contributed by atoms with Crippen LogP contribution >= 0.6 is 11.3 Å². The van der Waals surface area contributed by atoms with Gasteiger partial charge in [-0.25, -0.2) is 10.2 Å². The highest BCUT2D eigenvalue weighted by Crippen LogP contribution is 2.28. The molecule has 0 atom stereocenters. The van der Waals surface area contributed by atoms with E-state index < -0.39 is 5.97 Å². The van der Waals surface area contributed by atoms with E-state index in [1.54, 1.807) is 12.1 Å². The monoisotopic (exact) mass is 364 g/mol. The van der Waals surface area contributed by atoms with E-state index >= 15 is 0 Å². The summed E-state index contributed by atoms with van der Waals surface area (Å²) in [4.78, 5) is 23.8. The molecule has 0 spiro atoms. The molecule has 1 amide bonds. The van der Waals surface area contributed by atoms with Crippen molar-refractivity contribution in [2.75, 3.05) is 0 Å². The highest BCUT2D eigenvalue weighted by atomic mass is 32.1. The lowest BCUT2D eigenvalue weighted by atomic mass is 10.1. The number of hydrogen-bond acceptors (Lipinski definition) is 4. The smallest absolute Gasteiger partial charge is 0.335 e. The summed E-state index contributed by atoms with van der Waals surface area (Å²) < 4.78 is 0. The normalized spacial score (nSPS) is 10.8. The first kappa shape index (κ1) is 17.6. The predicted molar refractivity (Wildman–Crippen MR) is 103 cm³/mol. The SMILES string of the molecule is Cc1ccc(-c2ccsc2C(=O)N/N=C\c2ccc(C(=O)O)cc2)cc1. The zero-order valence-electron chi connectivity index (χ0n) is 14.0. The van der Waals surface area contributed by atoms with E-state index in [-0.39, 0.29) is 11.5 Å². The van der Waals surface area contributed by atoms with Crippen LogP contribution in [0.1, 0.15) is 31.2 Å². The number of thiophene rings is 1. The van der Waals surface area contributed by atoms with Crippen LogP contribution in [0.2, 0.25) is 0 Å². The molecular formula is C20H16N2O3S. The summed E-state index contributed by atoms with van der Waals surface area (Å²) in [7, 11) is 0. The summed E-state index contributed by atoms with van der Waals surface area (Å²) >= 11 is 1.36. The lowest BCUT2D eigenvalue weighted by Crippen LogP contribution is -2.17. The highest BCUT2D eigenvalue weighted by Gasteiger charge is 2.14. The van der Waals surface area contributed by atoms with E-state index in [2.05, 4.69) is 10.5 Å². The van der Waals surface area contributed by atoms with E-state index in [0.29, 0.717) is 10.4 Å². The van der Waals surface area contributed by atoms with Crippen LogP contribution in [0.3, 0.4) is 0 Å². The van der Waals surface area contributed by atoms with Gasteiger partial charge in [0.1, 0.15) is 4.88 Å². The van der Waals surface area contributed by atoms with E-state index in [9.17, 15) is 9.59 Å². The third-order valence-electron chi connectivity index (χ3n) is 3.77. The maximum Gasteiger partial charge on any atom is 0.335 e. The van der Waals surface area contributed by atoms with Crippen LogP contribution in [0.5, 0.6) is 0 Å². The van der Waals surface area contributed by atoms with Crippen molar-refractivity contribution < 1.29 is 14.7 Å². The van der Waals surface area contributed by atoms with Gasteiger partial charge >= 0.3 is 5.97 Å². The first-order valence-corrected chi connectivity index (χ1v) is 8.74. The third kappa shape index (κ3) is 4.04. The zero-order valence-corrected chi connectivity index (χ0v) is 14.8. The van der Waals surface area contributed by atoms with E-state index in [1.807, 2.05) is 42.6 Å². The molecule has 5 nitrogen and oxygen atoms in total. The Morgan fingerprint density at radius 1 is 1.04 bits per heavy atom. The number of aromatic carboxylic acids is 1. The fraction of sp³-hybridized carbons (Fsp3) is 0.0500. The Bertz CT molecular complexity index is 957. The van der Waals surface area contributed by atoms with Gasteiger partial charge in [-0.1, -0.05) is 42.0 Å². The Hall–Kier alpha value is -3.25. The number of amides is 1. The molecule has 6 heteroatoms. The molecule has 1 heterocycles. The average Bonchev–Trinajstić information content (AvgIpc) is 3.12. The maximum absolute atomic E-state index is 12.4. The second-order valence-electron chi connectivity index (χ2n) is 5.66. The third-order valence-corrected chi connectivity index (χ3v) is 4.68. The zero-order chi connectivity index (χ0) is 18.5. The van der Waals surface area contributed by atoms with Crippen molar-refractivity contribution in [1.29, 1.82) is 0 Å². The number of benzene rings is 2. The number of rotatable bonds is 5. The molecule has 0 unspecified atom stereocenters. The lowest BCUT2D eigenvalue weighted by molar-refractivity contribution is 0.0696. The van der Waals surface area contributed by atoms with Crippen LogP contribution in [-0.2, 0) is 0 Å². The van der Waals surface area contributed by atoms with Gasteiger partial charge in [-0.2, -0.15) is 5.10 Å². The second kappa shape index (κ2) is 7.76. The standard InChI is InChI=1S/C20H16N2O3S/c1-13-2-6-15(7-3-13)17-10-11-26-18(17)19(23)22-21-12-14-4-8-16(9-5-14)20(24)25/h2-12H,1H3,(H,22,23)(H,24,25)/b21-12-. The Kier molecular flexibility index (Phi) is 5.24. The number of carboxylic acids is 1. The van der Waals surface area contributed by atoms with E-state index in [4.69, 9.17) is 5.11 Å². The average molecular weight is 364 g/mol. The minimum Gasteiger partial charge on any atom is -0.478 e. The van der Waals surface area contributed by atoms with Crippen LogP contribution < -0.4 is 5.43 Å². The molecule has 1 aromatic heterocycles. The van der Waals surface area contributed by atoms with Crippen molar-refractivity contribution in [3.63, 3.8) is 0 Å². The van der Waals surface area contributed by atoms with Crippen molar-refractivity contribution in [2.24, 2.45) is 5.10 Å². The van der Waals surface area contributed by atoms with Gasteiger partial charge in [0, 0.05) is 5.56 Å². The molecule has 3 rings (SSSR count). The minimum atomic E-state index is -0.983. The second-order valence-corrected chi connectivity index (χ2v) is 6.57. The van der Waals surface area contributed by atoms with Crippen LogP contribution in [0.25, 0.3) is 11.1 Å². The van der Waals surface area contributed by atoms with Crippen LogP contribution in [0.4, 0.5) is 0 Å². The number of nitrogens with zero attached hydrogens (tertiary/aromatic N) is 1. The number of aryl methyl sites for hydroxylation is 1. The number of carbonyl (C=O) groups is 2. The van der Waals surface area contributed by atoms with Gasteiger partial charge in [0.2, 0.25) is 0 Å². The van der Waals surface area contributed by atoms with Gasteiger partial charge in [-0.05, 0) is 41.6 Å². The molecule has 0 radical (unpaired) electrons. The van der Waals surface area contributed by atoms with Gasteiger partial charge in [0.15, 0.2) is 0 Å². The van der Waals surface area contributed by atoms with Crippen LogP contribution in [0.15, 0.2) is 65.1 Å². The number of carbonyl (C=O) groups excluding carboxylic acids is 1. The van der Waals surface area contributed by atoms with Crippen molar-refractivity contribution in [2.45, 2.75) is 6.92 Å². The Labute approximate surface area is 154 Å². The van der Waals surface area contributed by atoms with Gasteiger partial charge < -0.3 is 5.11 Å². The molecule has 2 N–H and O–H groups in total. The number of hydrogen-bond donors (Lipinski definition) is 2. The summed E-state index contributed by atoms with van der Waals surface area (Å²) in [5.74, 6) is -1.27. The van der Waals surface area contributed by atoms with E-state index in [1.165, 1.54) is 29.7 Å². The topological polar surface area (TPSA) is 78.8 Å². The molecule has 3 aromatic rings. The molecule has 2 aromatic carbocycles. The predicted octanol–water partition coefficient (Wildman–Crippen LogP) is 4.19.